The fourth-order valence-electron chi connectivity index (χ4n) is 4.10. The third-order valence-corrected chi connectivity index (χ3v) is 8.63. The zero-order chi connectivity index (χ0) is 22.3. The van der Waals surface area contributed by atoms with Gasteiger partial charge in [0.2, 0.25) is 21.8 Å². The van der Waals surface area contributed by atoms with Gasteiger partial charge >= 0.3 is 0 Å². The van der Waals surface area contributed by atoms with Crippen LogP contribution in [0.2, 0.25) is 0 Å². The number of likely N-dealkylation sites (tertiary alicyclic amines) is 1. The van der Waals surface area contributed by atoms with E-state index in [4.69, 9.17) is 4.42 Å². The molecule has 32 heavy (non-hydrogen) atoms. The minimum atomic E-state index is -3.52. The van der Waals surface area contributed by atoms with Crippen molar-refractivity contribution in [1.29, 1.82) is 0 Å². The number of furan rings is 1. The minimum absolute atomic E-state index is 0.0948. The van der Waals surface area contributed by atoms with Crippen LogP contribution in [0.5, 0.6) is 0 Å². The predicted octanol–water partition coefficient (Wildman–Crippen LogP) is 2.66. The van der Waals surface area contributed by atoms with Crippen molar-refractivity contribution in [2.45, 2.75) is 30.7 Å². The number of amides is 2. The molecule has 1 atom stereocenters. The largest absolute Gasteiger partial charge is 0.467 e. The van der Waals surface area contributed by atoms with Crippen molar-refractivity contribution < 1.29 is 22.4 Å². The van der Waals surface area contributed by atoms with Crippen molar-refractivity contribution >= 4 is 48.5 Å². The average molecular weight is 475 g/mol. The highest BCUT2D eigenvalue weighted by Crippen LogP contribution is 2.31. The SMILES string of the molecule is O=C(Nc1nc2ccc(S(=O)(=O)N3CCCC3)cc2s1)C1CC(=O)N(Cc2ccco2)C1. The van der Waals surface area contributed by atoms with Gasteiger partial charge in [0, 0.05) is 26.1 Å². The summed E-state index contributed by atoms with van der Waals surface area (Å²) in [6.45, 7) is 1.74. The molecule has 1 aromatic carbocycles. The number of carbonyl (C=O) groups is 2. The number of aromatic nitrogens is 1. The van der Waals surface area contributed by atoms with Crippen LogP contribution >= 0.6 is 11.3 Å². The minimum Gasteiger partial charge on any atom is -0.467 e. The molecule has 3 aromatic rings. The second kappa shape index (κ2) is 8.30. The molecule has 9 nitrogen and oxygen atoms in total. The summed E-state index contributed by atoms with van der Waals surface area (Å²) in [5.74, 6) is -0.173. The van der Waals surface area contributed by atoms with Gasteiger partial charge in [0.25, 0.3) is 0 Å². The molecule has 2 aliphatic heterocycles. The molecule has 0 radical (unpaired) electrons. The van der Waals surface area contributed by atoms with Crippen LogP contribution in [0.4, 0.5) is 5.13 Å². The molecule has 0 saturated carbocycles. The Labute approximate surface area is 189 Å². The van der Waals surface area contributed by atoms with Crippen LogP contribution in [0.15, 0.2) is 45.9 Å². The lowest BCUT2D eigenvalue weighted by atomic mass is 10.1. The highest BCUT2D eigenvalue weighted by Gasteiger charge is 2.35. The van der Waals surface area contributed by atoms with Gasteiger partial charge in [-0.05, 0) is 43.2 Å². The molecule has 168 valence electrons. The van der Waals surface area contributed by atoms with E-state index < -0.39 is 15.9 Å². The van der Waals surface area contributed by atoms with Gasteiger partial charge in [0.05, 0.1) is 33.8 Å². The summed E-state index contributed by atoms with van der Waals surface area (Å²) in [4.78, 5) is 31.3. The van der Waals surface area contributed by atoms with Crippen molar-refractivity contribution in [3.8, 4) is 0 Å². The van der Waals surface area contributed by atoms with Gasteiger partial charge in [-0.25, -0.2) is 13.4 Å². The van der Waals surface area contributed by atoms with Crippen molar-refractivity contribution in [2.24, 2.45) is 5.92 Å². The molecule has 2 aliphatic rings. The highest BCUT2D eigenvalue weighted by atomic mass is 32.2. The molecule has 0 spiro atoms. The van der Waals surface area contributed by atoms with Crippen LogP contribution in [-0.2, 0) is 26.2 Å². The molecule has 1 unspecified atom stereocenters. The first-order valence-corrected chi connectivity index (χ1v) is 12.7. The van der Waals surface area contributed by atoms with E-state index in [-0.39, 0.29) is 23.1 Å². The molecule has 1 N–H and O–H groups in total. The van der Waals surface area contributed by atoms with Crippen molar-refractivity contribution in [1.82, 2.24) is 14.2 Å². The van der Waals surface area contributed by atoms with Crippen molar-refractivity contribution in [3.63, 3.8) is 0 Å². The molecule has 0 bridgehead atoms. The van der Waals surface area contributed by atoms with Gasteiger partial charge in [-0.15, -0.1) is 0 Å². The summed E-state index contributed by atoms with van der Waals surface area (Å²) in [5.41, 5.74) is 0.618. The Kier molecular flexibility index (Phi) is 5.48. The third kappa shape index (κ3) is 4.03. The van der Waals surface area contributed by atoms with Gasteiger partial charge in [0.1, 0.15) is 5.76 Å². The molecule has 2 amide bonds. The molecule has 4 heterocycles. The molecular formula is C21H22N4O5S2. The number of thiazole rings is 1. The Morgan fingerprint density at radius 1 is 1.25 bits per heavy atom. The van der Waals surface area contributed by atoms with E-state index in [1.54, 1.807) is 41.5 Å². The van der Waals surface area contributed by atoms with Crippen LogP contribution in [0.3, 0.4) is 0 Å². The van der Waals surface area contributed by atoms with Gasteiger partial charge in [-0.3, -0.25) is 9.59 Å². The van der Waals surface area contributed by atoms with E-state index in [0.717, 1.165) is 12.8 Å². The van der Waals surface area contributed by atoms with Crippen LogP contribution in [0.1, 0.15) is 25.0 Å². The van der Waals surface area contributed by atoms with E-state index in [2.05, 4.69) is 10.3 Å². The summed E-state index contributed by atoms with van der Waals surface area (Å²) in [6, 6.07) is 8.38. The zero-order valence-electron chi connectivity index (χ0n) is 17.2. The van der Waals surface area contributed by atoms with Gasteiger partial charge in [0.15, 0.2) is 5.13 Å². The number of hydrogen-bond acceptors (Lipinski definition) is 7. The monoisotopic (exact) mass is 474 g/mol. The maximum absolute atomic E-state index is 12.8. The van der Waals surface area contributed by atoms with E-state index in [0.29, 0.717) is 47.3 Å². The Morgan fingerprint density at radius 2 is 2.06 bits per heavy atom. The highest BCUT2D eigenvalue weighted by molar-refractivity contribution is 7.89. The number of anilines is 1. The quantitative estimate of drug-likeness (QED) is 0.588. The maximum Gasteiger partial charge on any atom is 0.243 e. The number of sulfonamides is 1. The number of fused-ring (bicyclic) bond motifs is 1. The lowest BCUT2D eigenvalue weighted by Gasteiger charge is -2.15. The second-order valence-corrected chi connectivity index (χ2v) is 11.0. The number of nitrogens with zero attached hydrogens (tertiary/aromatic N) is 3. The normalized spacial score (nSPS) is 19.8. The molecule has 11 heteroatoms. The molecule has 2 saturated heterocycles. The lowest BCUT2D eigenvalue weighted by molar-refractivity contribution is -0.128. The second-order valence-electron chi connectivity index (χ2n) is 8.00. The van der Waals surface area contributed by atoms with E-state index in [1.807, 2.05) is 0 Å². The number of hydrogen-bond donors (Lipinski definition) is 1. The third-order valence-electron chi connectivity index (χ3n) is 5.80. The summed E-state index contributed by atoms with van der Waals surface area (Å²) < 4.78 is 33.1. The number of carbonyl (C=O) groups excluding carboxylic acids is 2. The number of rotatable bonds is 6. The molecular weight excluding hydrogens is 452 g/mol. The molecule has 2 fully saturated rings. The average Bonchev–Trinajstić information content (AvgIpc) is 3.56. The summed E-state index contributed by atoms with van der Waals surface area (Å²) in [5, 5.41) is 3.18. The van der Waals surface area contributed by atoms with Gasteiger partial charge in [-0.2, -0.15) is 4.31 Å². The molecule has 2 aromatic heterocycles. The van der Waals surface area contributed by atoms with Crippen LogP contribution in [0.25, 0.3) is 10.2 Å². The summed E-state index contributed by atoms with van der Waals surface area (Å²) in [7, 11) is -3.52. The lowest BCUT2D eigenvalue weighted by Crippen LogP contribution is -2.27. The van der Waals surface area contributed by atoms with Crippen LogP contribution in [0, 0.1) is 5.92 Å². The topological polar surface area (TPSA) is 113 Å². The predicted molar refractivity (Wildman–Crippen MR) is 118 cm³/mol. The van der Waals surface area contributed by atoms with Gasteiger partial charge < -0.3 is 14.6 Å². The number of nitrogens with one attached hydrogen (secondary N) is 1. The fraction of sp³-hybridized carbons (Fsp3) is 0.381. The fourth-order valence-corrected chi connectivity index (χ4v) is 6.62. The van der Waals surface area contributed by atoms with Crippen LogP contribution < -0.4 is 5.32 Å². The first kappa shape index (κ1) is 21.1. The Balaban J connectivity index is 1.28. The van der Waals surface area contributed by atoms with Crippen molar-refractivity contribution in [2.75, 3.05) is 25.0 Å². The summed E-state index contributed by atoms with van der Waals surface area (Å²) >= 11 is 1.22. The van der Waals surface area contributed by atoms with Gasteiger partial charge in [-0.1, -0.05) is 11.3 Å². The number of benzene rings is 1. The Hall–Kier alpha value is -2.76. The zero-order valence-corrected chi connectivity index (χ0v) is 18.8. The Bertz CT molecular complexity index is 1260. The van der Waals surface area contributed by atoms with E-state index in [1.165, 1.54) is 15.6 Å². The van der Waals surface area contributed by atoms with E-state index >= 15 is 0 Å². The maximum atomic E-state index is 12.8. The smallest absolute Gasteiger partial charge is 0.243 e. The van der Waals surface area contributed by atoms with Crippen molar-refractivity contribution in [3.05, 3.63) is 42.4 Å². The summed E-state index contributed by atoms with van der Waals surface area (Å²) in [6.07, 6.45) is 3.44. The standard InChI is InChI=1S/C21H22N4O5S2/c26-19-10-14(12-24(19)13-15-4-3-9-30-15)20(27)23-21-22-17-6-5-16(11-18(17)31-21)32(28,29)25-7-1-2-8-25/h3-6,9,11,14H,1-2,7-8,10,12-13H2,(H,22,23,27). The van der Waals surface area contributed by atoms with Crippen LogP contribution in [-0.4, -0.2) is 54.1 Å². The first-order valence-electron chi connectivity index (χ1n) is 10.4. The van der Waals surface area contributed by atoms with E-state index in [9.17, 15) is 18.0 Å². The molecule has 0 aliphatic carbocycles. The molecule has 5 rings (SSSR count). The Morgan fingerprint density at radius 3 is 2.81 bits per heavy atom. The first-order chi connectivity index (χ1) is 15.4.